The minimum atomic E-state index is -0.421. The quantitative estimate of drug-likeness (QED) is 0.485. The maximum atomic E-state index is 13.5. The van der Waals surface area contributed by atoms with E-state index >= 15 is 0 Å². The Morgan fingerprint density at radius 1 is 0.935 bits per heavy atom. The maximum absolute atomic E-state index is 13.5. The van der Waals surface area contributed by atoms with Gasteiger partial charge in [-0.15, -0.1) is 0 Å². The summed E-state index contributed by atoms with van der Waals surface area (Å²) in [6.45, 7) is 2.20. The summed E-state index contributed by atoms with van der Waals surface area (Å²) in [7, 11) is 0. The van der Waals surface area contributed by atoms with Crippen LogP contribution >= 0.6 is 11.5 Å². The maximum Gasteiger partial charge on any atom is 0.254 e. The number of halogens is 2. The van der Waals surface area contributed by atoms with Crippen LogP contribution in [-0.4, -0.2) is 51.3 Å². The summed E-state index contributed by atoms with van der Waals surface area (Å²) >= 11 is 1.31. The molecule has 0 aliphatic carbocycles. The number of hydrogen-bond donors (Lipinski definition) is 0. The predicted molar refractivity (Wildman–Crippen MR) is 115 cm³/mol. The molecule has 1 fully saturated rings. The molecule has 6 nitrogen and oxygen atoms in total. The highest BCUT2D eigenvalue weighted by Gasteiger charge is 2.25. The fraction of sp³-hybridized carbons (Fsp3) is 0.182. The zero-order chi connectivity index (χ0) is 21.4. The number of fused-ring (bicyclic) bond motifs is 1. The average molecular weight is 437 g/mol. The average Bonchev–Trinajstić information content (AvgIpc) is 3.23. The van der Waals surface area contributed by atoms with E-state index in [1.54, 1.807) is 29.2 Å². The van der Waals surface area contributed by atoms with Gasteiger partial charge in [0.15, 0.2) is 5.82 Å². The topological polar surface area (TPSA) is 62.2 Å². The normalized spacial score (nSPS) is 14.3. The Morgan fingerprint density at radius 3 is 2.45 bits per heavy atom. The van der Waals surface area contributed by atoms with Crippen LogP contribution in [-0.2, 0) is 0 Å². The van der Waals surface area contributed by atoms with E-state index in [1.165, 1.54) is 42.1 Å². The fourth-order valence-electron chi connectivity index (χ4n) is 3.70. The van der Waals surface area contributed by atoms with Gasteiger partial charge in [0.2, 0.25) is 0 Å². The minimum absolute atomic E-state index is 0.177. The van der Waals surface area contributed by atoms with Gasteiger partial charge in [0.1, 0.15) is 33.9 Å². The zero-order valence-electron chi connectivity index (χ0n) is 16.3. The molecule has 2 aromatic heterocycles. The highest BCUT2D eigenvalue weighted by Crippen LogP contribution is 2.34. The number of hydrogen-bond acceptors (Lipinski definition) is 6. The van der Waals surface area contributed by atoms with E-state index in [0.717, 1.165) is 21.6 Å². The first-order valence-corrected chi connectivity index (χ1v) is 10.5. The molecule has 0 spiro atoms. The van der Waals surface area contributed by atoms with E-state index in [0.29, 0.717) is 37.4 Å². The number of carbonyl (C=O) groups is 1. The van der Waals surface area contributed by atoms with Gasteiger partial charge in [-0.1, -0.05) is 6.07 Å². The molecule has 1 saturated heterocycles. The molecule has 0 N–H and O–H groups in total. The summed E-state index contributed by atoms with van der Waals surface area (Å²) in [6.07, 6.45) is 1.50. The van der Waals surface area contributed by atoms with Crippen molar-refractivity contribution in [2.75, 3.05) is 31.1 Å². The van der Waals surface area contributed by atoms with Gasteiger partial charge in [0.05, 0.1) is 0 Å². The molecule has 0 radical (unpaired) electrons. The molecule has 156 valence electrons. The molecule has 1 aliphatic rings. The van der Waals surface area contributed by atoms with E-state index in [-0.39, 0.29) is 11.7 Å². The van der Waals surface area contributed by atoms with Crippen LogP contribution in [0.4, 0.5) is 14.6 Å². The Balaban J connectivity index is 1.36. The highest BCUT2D eigenvalue weighted by molar-refractivity contribution is 7.14. The molecule has 1 aliphatic heterocycles. The first-order valence-electron chi connectivity index (χ1n) is 9.76. The molecule has 9 heteroatoms. The second kappa shape index (κ2) is 7.99. The first kappa shape index (κ1) is 19.5. The van der Waals surface area contributed by atoms with E-state index in [9.17, 15) is 13.6 Å². The third kappa shape index (κ3) is 3.72. The van der Waals surface area contributed by atoms with E-state index in [2.05, 4.69) is 19.2 Å². The van der Waals surface area contributed by atoms with Gasteiger partial charge in [-0.3, -0.25) is 4.79 Å². The lowest BCUT2D eigenvalue weighted by Crippen LogP contribution is -2.49. The summed E-state index contributed by atoms with van der Waals surface area (Å²) in [4.78, 5) is 25.4. The van der Waals surface area contributed by atoms with Crippen LogP contribution in [0.5, 0.6) is 0 Å². The molecular formula is C22H17F2N5OS. The molecule has 0 bridgehead atoms. The van der Waals surface area contributed by atoms with Crippen molar-refractivity contribution in [2.45, 2.75) is 0 Å². The van der Waals surface area contributed by atoms with E-state index in [4.69, 9.17) is 0 Å². The summed E-state index contributed by atoms with van der Waals surface area (Å²) in [6, 6.07) is 11.9. The van der Waals surface area contributed by atoms with Crippen molar-refractivity contribution in [3.05, 3.63) is 72.1 Å². The Morgan fingerprint density at radius 2 is 1.71 bits per heavy atom. The van der Waals surface area contributed by atoms with Crippen LogP contribution in [0.2, 0.25) is 0 Å². The Bertz CT molecular complexity index is 1250. The molecule has 0 atom stereocenters. The minimum Gasteiger partial charge on any atom is -0.352 e. The number of nitrogens with zero attached hydrogens (tertiary/aromatic N) is 5. The lowest BCUT2D eigenvalue weighted by molar-refractivity contribution is 0.0746. The summed E-state index contributed by atoms with van der Waals surface area (Å²) in [5.74, 6) is -0.128. The van der Waals surface area contributed by atoms with Crippen molar-refractivity contribution < 1.29 is 13.6 Å². The number of carbonyl (C=O) groups excluding carboxylic acids is 1. The van der Waals surface area contributed by atoms with Crippen LogP contribution in [0.1, 0.15) is 10.4 Å². The summed E-state index contributed by atoms with van der Waals surface area (Å²) in [5.41, 5.74) is 2.57. The monoisotopic (exact) mass is 437 g/mol. The van der Waals surface area contributed by atoms with Crippen LogP contribution in [0, 0.1) is 11.6 Å². The molecule has 2 aromatic carbocycles. The second-order valence-electron chi connectivity index (χ2n) is 7.20. The molecule has 0 unspecified atom stereocenters. The van der Waals surface area contributed by atoms with Crippen molar-refractivity contribution in [1.29, 1.82) is 0 Å². The van der Waals surface area contributed by atoms with Gasteiger partial charge in [-0.05, 0) is 54.0 Å². The summed E-state index contributed by atoms with van der Waals surface area (Å²) in [5, 5.41) is 0. The molecule has 31 heavy (non-hydrogen) atoms. The van der Waals surface area contributed by atoms with Gasteiger partial charge >= 0.3 is 0 Å². The molecule has 4 aromatic rings. The number of aromatic nitrogens is 3. The number of rotatable bonds is 3. The second-order valence-corrected chi connectivity index (χ2v) is 7.98. The molecular weight excluding hydrogens is 420 g/mol. The molecule has 5 rings (SSSR count). The Hall–Kier alpha value is -3.46. The van der Waals surface area contributed by atoms with Crippen LogP contribution in [0.25, 0.3) is 21.5 Å². The van der Waals surface area contributed by atoms with Gasteiger partial charge < -0.3 is 9.80 Å². The summed E-state index contributed by atoms with van der Waals surface area (Å²) < 4.78 is 32.1. The Labute approximate surface area is 180 Å². The lowest BCUT2D eigenvalue weighted by Gasteiger charge is -2.35. The van der Waals surface area contributed by atoms with Crippen LogP contribution in [0.15, 0.2) is 54.9 Å². The van der Waals surface area contributed by atoms with Gasteiger partial charge in [-0.2, -0.15) is 4.37 Å². The number of piperazine rings is 1. The molecule has 0 saturated carbocycles. The van der Waals surface area contributed by atoms with Crippen molar-refractivity contribution >= 4 is 33.5 Å². The predicted octanol–water partition coefficient (Wildman–Crippen LogP) is 3.99. The third-order valence-electron chi connectivity index (χ3n) is 5.29. The van der Waals surface area contributed by atoms with Gasteiger partial charge in [0, 0.05) is 37.3 Å². The van der Waals surface area contributed by atoms with E-state index < -0.39 is 5.82 Å². The largest absolute Gasteiger partial charge is 0.352 e. The fourth-order valence-corrected chi connectivity index (χ4v) is 4.57. The van der Waals surface area contributed by atoms with Crippen molar-refractivity contribution in [3.8, 4) is 11.3 Å². The zero-order valence-corrected chi connectivity index (χ0v) is 17.1. The number of benzene rings is 2. The SMILES string of the molecule is O=C(c1cccc(F)c1)N1CCN(c2ncnc3c(-c4ccc(F)cc4)nsc23)CC1. The van der Waals surface area contributed by atoms with Crippen LogP contribution in [0.3, 0.4) is 0 Å². The highest BCUT2D eigenvalue weighted by atomic mass is 32.1. The number of anilines is 1. The van der Waals surface area contributed by atoms with Gasteiger partial charge in [0.25, 0.3) is 5.91 Å². The van der Waals surface area contributed by atoms with Crippen molar-refractivity contribution in [3.63, 3.8) is 0 Å². The lowest BCUT2D eigenvalue weighted by atomic mass is 10.1. The van der Waals surface area contributed by atoms with Crippen LogP contribution < -0.4 is 4.90 Å². The van der Waals surface area contributed by atoms with E-state index in [1.807, 2.05) is 0 Å². The standard InChI is InChI=1S/C22H17F2N5OS/c23-16-6-4-14(5-7-16)18-19-20(31-27-18)21(26-13-25-19)28-8-10-29(11-9-28)22(30)15-2-1-3-17(24)12-15/h1-7,12-13H,8-11H2. The Kier molecular flexibility index (Phi) is 5.03. The molecule has 1 amide bonds. The van der Waals surface area contributed by atoms with Crippen molar-refractivity contribution in [2.24, 2.45) is 0 Å². The third-order valence-corrected chi connectivity index (χ3v) is 6.13. The smallest absolute Gasteiger partial charge is 0.254 e. The first-order chi connectivity index (χ1) is 15.1. The number of amides is 1. The molecule has 3 heterocycles. The van der Waals surface area contributed by atoms with Crippen molar-refractivity contribution in [1.82, 2.24) is 19.2 Å². The van der Waals surface area contributed by atoms with Gasteiger partial charge in [-0.25, -0.2) is 18.7 Å².